The third kappa shape index (κ3) is 4.70. The van der Waals surface area contributed by atoms with Gasteiger partial charge in [0.1, 0.15) is 12.3 Å². The van der Waals surface area contributed by atoms with Crippen molar-refractivity contribution in [1.29, 1.82) is 0 Å². The summed E-state index contributed by atoms with van der Waals surface area (Å²) in [5.74, 6) is 0.102. The number of thiophene rings is 1. The Morgan fingerprint density at radius 3 is 3.12 bits per heavy atom. The second-order valence-corrected chi connectivity index (χ2v) is 7.03. The average molecular weight is 378 g/mol. The first kappa shape index (κ1) is 18.6. The number of piperidine rings is 1. The number of amides is 1. The van der Waals surface area contributed by atoms with Gasteiger partial charge in [-0.25, -0.2) is 0 Å². The summed E-state index contributed by atoms with van der Waals surface area (Å²) in [6, 6.07) is 5.71. The Labute approximate surface area is 155 Å². The van der Waals surface area contributed by atoms with Crippen LogP contribution >= 0.6 is 11.3 Å². The normalized spacial score (nSPS) is 17.3. The van der Waals surface area contributed by atoms with Gasteiger partial charge in [0.2, 0.25) is 5.91 Å². The van der Waals surface area contributed by atoms with Gasteiger partial charge in [0.15, 0.2) is 5.76 Å². The average Bonchev–Trinajstić information content (AvgIpc) is 3.33. The van der Waals surface area contributed by atoms with E-state index in [1.807, 2.05) is 23.6 Å². The lowest BCUT2D eigenvalue weighted by Gasteiger charge is -2.31. The van der Waals surface area contributed by atoms with E-state index in [0.29, 0.717) is 31.2 Å². The molecule has 8 heteroatoms. The quantitative estimate of drug-likeness (QED) is 0.689. The molecule has 3 heterocycles. The molecular formula is C18H22N2O5S. The van der Waals surface area contributed by atoms with Gasteiger partial charge in [0.05, 0.1) is 24.0 Å². The van der Waals surface area contributed by atoms with Crippen LogP contribution in [0.3, 0.4) is 0 Å². The van der Waals surface area contributed by atoms with Crippen LogP contribution in [-0.4, -0.2) is 48.2 Å². The summed E-state index contributed by atoms with van der Waals surface area (Å²) in [6.07, 6.45) is 1.55. The van der Waals surface area contributed by atoms with Crippen molar-refractivity contribution in [2.24, 2.45) is 5.92 Å². The zero-order chi connectivity index (χ0) is 18.4. The molecule has 1 fully saturated rings. The van der Waals surface area contributed by atoms with E-state index in [0.717, 1.165) is 17.7 Å². The van der Waals surface area contributed by atoms with Crippen LogP contribution in [0.2, 0.25) is 0 Å². The van der Waals surface area contributed by atoms with Gasteiger partial charge >= 0.3 is 5.97 Å². The van der Waals surface area contributed by atoms with Crippen molar-refractivity contribution in [2.75, 3.05) is 26.3 Å². The molecule has 3 rings (SSSR count). The maximum absolute atomic E-state index is 12.3. The van der Waals surface area contributed by atoms with Gasteiger partial charge < -0.3 is 18.9 Å². The third-order valence-corrected chi connectivity index (χ3v) is 5.08. The van der Waals surface area contributed by atoms with E-state index < -0.39 is 0 Å². The van der Waals surface area contributed by atoms with E-state index in [1.165, 1.54) is 0 Å². The molecular weight excluding hydrogens is 356 g/mol. The fraction of sp³-hybridized carbons (Fsp3) is 0.500. The monoisotopic (exact) mass is 378 g/mol. The van der Waals surface area contributed by atoms with E-state index >= 15 is 0 Å². The second kappa shape index (κ2) is 8.95. The molecule has 26 heavy (non-hydrogen) atoms. The molecule has 0 unspecified atom stereocenters. The van der Waals surface area contributed by atoms with Crippen molar-refractivity contribution >= 4 is 23.2 Å². The number of aromatic nitrogens is 1. The Hall–Kier alpha value is -2.19. The largest absolute Gasteiger partial charge is 0.466 e. The van der Waals surface area contributed by atoms with Crippen LogP contribution in [-0.2, 0) is 25.7 Å². The van der Waals surface area contributed by atoms with Crippen molar-refractivity contribution in [3.8, 4) is 10.6 Å². The van der Waals surface area contributed by atoms with Gasteiger partial charge in [0.25, 0.3) is 0 Å². The Bertz CT molecular complexity index is 728. The highest BCUT2D eigenvalue weighted by Crippen LogP contribution is 2.25. The smallest absolute Gasteiger partial charge is 0.310 e. The van der Waals surface area contributed by atoms with Gasteiger partial charge in [-0.2, -0.15) is 0 Å². The lowest BCUT2D eigenvalue weighted by molar-refractivity contribution is -0.152. The Morgan fingerprint density at radius 2 is 2.35 bits per heavy atom. The molecule has 2 aromatic heterocycles. The molecule has 0 aliphatic carbocycles. The standard InChI is InChI=1S/C18H22N2O5S/c1-2-24-18(22)13-5-3-7-20(10-13)17(21)12-23-11-14-9-15(25-19-14)16-6-4-8-26-16/h4,6,8-9,13H,2-3,5,7,10-12H2,1H3/t13-/m1/s1. The predicted octanol–water partition coefficient (Wildman–Crippen LogP) is 2.72. The number of hydrogen-bond acceptors (Lipinski definition) is 7. The minimum Gasteiger partial charge on any atom is -0.466 e. The van der Waals surface area contributed by atoms with E-state index in [-0.39, 0.29) is 31.0 Å². The number of carbonyl (C=O) groups is 2. The van der Waals surface area contributed by atoms with E-state index in [1.54, 1.807) is 23.2 Å². The molecule has 0 saturated carbocycles. The number of nitrogens with zero attached hydrogens (tertiary/aromatic N) is 2. The Kier molecular flexibility index (Phi) is 6.40. The molecule has 140 valence electrons. The lowest BCUT2D eigenvalue weighted by Crippen LogP contribution is -2.44. The van der Waals surface area contributed by atoms with Gasteiger partial charge in [0, 0.05) is 19.2 Å². The van der Waals surface area contributed by atoms with Gasteiger partial charge in [-0.1, -0.05) is 11.2 Å². The first-order valence-electron chi connectivity index (χ1n) is 8.69. The van der Waals surface area contributed by atoms with E-state index in [2.05, 4.69) is 5.16 Å². The van der Waals surface area contributed by atoms with E-state index in [4.69, 9.17) is 14.0 Å². The first-order chi connectivity index (χ1) is 12.7. The summed E-state index contributed by atoms with van der Waals surface area (Å²) in [4.78, 5) is 26.8. The molecule has 7 nitrogen and oxygen atoms in total. The summed E-state index contributed by atoms with van der Waals surface area (Å²) in [5, 5.41) is 5.92. The molecule has 1 aliphatic heterocycles. The molecule has 0 radical (unpaired) electrons. The highest BCUT2D eigenvalue weighted by atomic mass is 32.1. The van der Waals surface area contributed by atoms with Gasteiger partial charge in [-0.3, -0.25) is 9.59 Å². The zero-order valence-electron chi connectivity index (χ0n) is 14.7. The van der Waals surface area contributed by atoms with E-state index in [9.17, 15) is 9.59 Å². The van der Waals surface area contributed by atoms with Crippen molar-refractivity contribution in [3.63, 3.8) is 0 Å². The fourth-order valence-corrected chi connectivity index (χ4v) is 3.58. The summed E-state index contributed by atoms with van der Waals surface area (Å²) >= 11 is 1.57. The number of ether oxygens (including phenoxy) is 2. The van der Waals surface area contributed by atoms with Crippen LogP contribution in [0.15, 0.2) is 28.1 Å². The number of carbonyl (C=O) groups excluding carboxylic acids is 2. The molecule has 2 aromatic rings. The van der Waals surface area contributed by atoms with Crippen LogP contribution in [0.4, 0.5) is 0 Å². The number of hydrogen-bond donors (Lipinski definition) is 0. The third-order valence-electron chi connectivity index (χ3n) is 4.19. The molecule has 0 bridgehead atoms. The lowest BCUT2D eigenvalue weighted by atomic mass is 9.98. The summed E-state index contributed by atoms with van der Waals surface area (Å²) in [6.45, 7) is 3.34. The van der Waals surface area contributed by atoms with Crippen molar-refractivity contribution in [3.05, 3.63) is 29.3 Å². The number of rotatable bonds is 7. The maximum Gasteiger partial charge on any atom is 0.310 e. The first-order valence-corrected chi connectivity index (χ1v) is 9.57. The second-order valence-electron chi connectivity index (χ2n) is 6.08. The summed E-state index contributed by atoms with van der Waals surface area (Å²) < 4.78 is 15.8. The minimum atomic E-state index is -0.239. The van der Waals surface area contributed by atoms with Crippen LogP contribution < -0.4 is 0 Å². The molecule has 0 spiro atoms. The molecule has 1 atom stereocenters. The Balaban J connectivity index is 1.44. The maximum atomic E-state index is 12.3. The molecule has 0 N–H and O–H groups in total. The topological polar surface area (TPSA) is 81.9 Å². The molecule has 0 aromatic carbocycles. The number of likely N-dealkylation sites (tertiary alicyclic amines) is 1. The molecule has 1 saturated heterocycles. The molecule has 1 amide bonds. The van der Waals surface area contributed by atoms with Crippen molar-refractivity contribution < 1.29 is 23.6 Å². The van der Waals surface area contributed by atoms with Crippen LogP contribution in [0, 0.1) is 5.92 Å². The van der Waals surface area contributed by atoms with Crippen molar-refractivity contribution in [1.82, 2.24) is 10.1 Å². The SMILES string of the molecule is CCOC(=O)[C@@H]1CCCN(C(=O)COCc2cc(-c3cccs3)on2)C1. The van der Waals surface area contributed by atoms with Crippen LogP contribution in [0.25, 0.3) is 10.6 Å². The predicted molar refractivity (Wildman–Crippen MR) is 95.4 cm³/mol. The summed E-state index contributed by atoms with van der Waals surface area (Å²) in [5.41, 5.74) is 0.643. The van der Waals surface area contributed by atoms with Gasteiger partial charge in [-0.05, 0) is 31.2 Å². The number of esters is 1. The van der Waals surface area contributed by atoms with Gasteiger partial charge in [-0.15, -0.1) is 11.3 Å². The minimum absolute atomic E-state index is 0.0449. The highest BCUT2D eigenvalue weighted by molar-refractivity contribution is 7.13. The van der Waals surface area contributed by atoms with Crippen LogP contribution in [0.5, 0.6) is 0 Å². The Morgan fingerprint density at radius 1 is 1.46 bits per heavy atom. The zero-order valence-corrected chi connectivity index (χ0v) is 15.5. The molecule has 1 aliphatic rings. The summed E-state index contributed by atoms with van der Waals surface area (Å²) in [7, 11) is 0. The van der Waals surface area contributed by atoms with Crippen molar-refractivity contribution in [2.45, 2.75) is 26.4 Å². The highest BCUT2D eigenvalue weighted by Gasteiger charge is 2.29. The fourth-order valence-electron chi connectivity index (χ4n) is 2.91. The van der Waals surface area contributed by atoms with Crippen LogP contribution in [0.1, 0.15) is 25.5 Å².